The molecule has 1 nitrogen and oxygen atoms in total. The van der Waals surface area contributed by atoms with Crippen molar-refractivity contribution in [3.8, 4) is 0 Å². The van der Waals surface area contributed by atoms with Crippen LogP contribution in [-0.2, 0) is 0 Å². The average molecular weight is 278 g/mol. The van der Waals surface area contributed by atoms with Crippen LogP contribution in [0, 0.1) is 19.7 Å². The summed E-state index contributed by atoms with van der Waals surface area (Å²) < 4.78 is 13.7. The van der Waals surface area contributed by atoms with E-state index >= 15 is 0 Å². The summed E-state index contributed by atoms with van der Waals surface area (Å²) in [6.07, 6.45) is 0. The molecule has 0 amide bonds. The van der Waals surface area contributed by atoms with E-state index in [0.717, 1.165) is 16.7 Å². The summed E-state index contributed by atoms with van der Waals surface area (Å²) in [5.74, 6) is -0.183. The van der Waals surface area contributed by atoms with Gasteiger partial charge in [0.15, 0.2) is 0 Å². The Kier molecular flexibility index (Phi) is 4.23. The van der Waals surface area contributed by atoms with Crippen molar-refractivity contribution in [3.63, 3.8) is 0 Å². The SMILES string of the molecule is CNC(c1ccc(C)c(F)c1)c1cc(Cl)ccc1C. The Labute approximate surface area is 118 Å². The highest BCUT2D eigenvalue weighted by Crippen LogP contribution is 2.28. The van der Waals surface area contributed by atoms with Crippen LogP contribution in [0.3, 0.4) is 0 Å². The topological polar surface area (TPSA) is 12.0 Å². The van der Waals surface area contributed by atoms with Gasteiger partial charge in [0.05, 0.1) is 6.04 Å². The first-order chi connectivity index (χ1) is 9.02. The van der Waals surface area contributed by atoms with Gasteiger partial charge in [-0.3, -0.25) is 0 Å². The van der Waals surface area contributed by atoms with Crippen molar-refractivity contribution in [1.29, 1.82) is 0 Å². The molecule has 100 valence electrons. The largest absolute Gasteiger partial charge is 0.309 e. The standard InChI is InChI=1S/C16H17ClFN/c1-10-5-7-13(17)9-14(10)16(19-3)12-6-4-11(2)15(18)8-12/h4-9,16,19H,1-3H3. The number of hydrogen-bond acceptors (Lipinski definition) is 1. The minimum Gasteiger partial charge on any atom is -0.309 e. The van der Waals surface area contributed by atoms with Gasteiger partial charge in [-0.05, 0) is 61.3 Å². The fourth-order valence-electron chi connectivity index (χ4n) is 2.21. The smallest absolute Gasteiger partial charge is 0.126 e. The number of rotatable bonds is 3. The highest BCUT2D eigenvalue weighted by molar-refractivity contribution is 6.30. The quantitative estimate of drug-likeness (QED) is 0.876. The zero-order valence-corrected chi connectivity index (χ0v) is 12.1. The normalized spacial score (nSPS) is 12.5. The lowest BCUT2D eigenvalue weighted by molar-refractivity contribution is 0.608. The summed E-state index contributed by atoms with van der Waals surface area (Å²) in [7, 11) is 1.86. The summed E-state index contributed by atoms with van der Waals surface area (Å²) in [4.78, 5) is 0. The fourth-order valence-corrected chi connectivity index (χ4v) is 2.39. The maximum absolute atomic E-state index is 13.7. The molecular weight excluding hydrogens is 261 g/mol. The summed E-state index contributed by atoms with van der Waals surface area (Å²) in [6, 6.07) is 11.0. The van der Waals surface area contributed by atoms with Crippen LogP contribution in [0.25, 0.3) is 0 Å². The van der Waals surface area contributed by atoms with E-state index in [1.54, 1.807) is 19.1 Å². The molecule has 0 bridgehead atoms. The zero-order valence-electron chi connectivity index (χ0n) is 11.3. The van der Waals surface area contributed by atoms with E-state index in [-0.39, 0.29) is 11.9 Å². The van der Waals surface area contributed by atoms with Gasteiger partial charge in [-0.1, -0.05) is 29.8 Å². The molecule has 0 aliphatic carbocycles. The third-order valence-corrected chi connectivity index (χ3v) is 3.61. The van der Waals surface area contributed by atoms with E-state index < -0.39 is 0 Å². The molecule has 2 aromatic rings. The number of aryl methyl sites for hydroxylation is 2. The molecule has 1 N–H and O–H groups in total. The Morgan fingerprint density at radius 2 is 1.74 bits per heavy atom. The highest BCUT2D eigenvalue weighted by atomic mass is 35.5. The van der Waals surface area contributed by atoms with Gasteiger partial charge >= 0.3 is 0 Å². The van der Waals surface area contributed by atoms with Gasteiger partial charge in [-0.15, -0.1) is 0 Å². The maximum atomic E-state index is 13.7. The van der Waals surface area contributed by atoms with Gasteiger partial charge in [0, 0.05) is 5.02 Å². The fraction of sp³-hybridized carbons (Fsp3) is 0.250. The lowest BCUT2D eigenvalue weighted by atomic mass is 9.94. The van der Waals surface area contributed by atoms with E-state index in [2.05, 4.69) is 5.32 Å². The van der Waals surface area contributed by atoms with Crippen molar-refractivity contribution in [2.75, 3.05) is 7.05 Å². The predicted molar refractivity (Wildman–Crippen MR) is 78.2 cm³/mol. The van der Waals surface area contributed by atoms with Gasteiger partial charge in [-0.2, -0.15) is 0 Å². The zero-order chi connectivity index (χ0) is 14.0. The molecule has 0 aliphatic heterocycles. The molecule has 1 unspecified atom stereocenters. The third-order valence-electron chi connectivity index (χ3n) is 3.37. The molecule has 1 atom stereocenters. The van der Waals surface area contributed by atoms with E-state index in [4.69, 9.17) is 11.6 Å². The van der Waals surface area contributed by atoms with E-state index in [1.165, 1.54) is 0 Å². The highest BCUT2D eigenvalue weighted by Gasteiger charge is 2.15. The molecular formula is C16H17ClFN. The van der Waals surface area contributed by atoms with Crippen LogP contribution in [0.4, 0.5) is 4.39 Å². The minimum absolute atomic E-state index is 0.0613. The molecule has 2 aromatic carbocycles. The Hall–Kier alpha value is -1.38. The summed E-state index contributed by atoms with van der Waals surface area (Å²) in [5.41, 5.74) is 3.75. The van der Waals surface area contributed by atoms with Gasteiger partial charge in [0.2, 0.25) is 0 Å². The summed E-state index contributed by atoms with van der Waals surface area (Å²) in [5, 5.41) is 3.91. The molecule has 0 saturated heterocycles. The lowest BCUT2D eigenvalue weighted by Crippen LogP contribution is -2.19. The first-order valence-electron chi connectivity index (χ1n) is 6.22. The van der Waals surface area contributed by atoms with Crippen LogP contribution < -0.4 is 5.32 Å². The molecule has 0 saturated carbocycles. The van der Waals surface area contributed by atoms with E-state index in [1.807, 2.05) is 38.2 Å². The Balaban J connectivity index is 2.49. The Bertz CT molecular complexity index is 595. The van der Waals surface area contributed by atoms with Crippen molar-refractivity contribution < 1.29 is 4.39 Å². The van der Waals surface area contributed by atoms with Gasteiger partial charge < -0.3 is 5.32 Å². The molecule has 0 radical (unpaired) electrons. The van der Waals surface area contributed by atoms with E-state index in [0.29, 0.717) is 10.6 Å². The lowest BCUT2D eigenvalue weighted by Gasteiger charge is -2.20. The minimum atomic E-state index is -0.183. The van der Waals surface area contributed by atoms with Crippen molar-refractivity contribution in [2.45, 2.75) is 19.9 Å². The molecule has 0 aromatic heterocycles. The van der Waals surface area contributed by atoms with Crippen molar-refractivity contribution in [1.82, 2.24) is 5.32 Å². The molecule has 3 heteroatoms. The Morgan fingerprint density at radius 1 is 1.05 bits per heavy atom. The maximum Gasteiger partial charge on any atom is 0.126 e. The number of halogens is 2. The molecule has 0 heterocycles. The molecule has 0 spiro atoms. The van der Waals surface area contributed by atoms with Crippen LogP contribution in [0.1, 0.15) is 28.3 Å². The van der Waals surface area contributed by atoms with Crippen molar-refractivity contribution >= 4 is 11.6 Å². The van der Waals surface area contributed by atoms with Crippen LogP contribution >= 0.6 is 11.6 Å². The number of hydrogen-bond donors (Lipinski definition) is 1. The van der Waals surface area contributed by atoms with Crippen molar-refractivity contribution in [2.24, 2.45) is 0 Å². The first-order valence-corrected chi connectivity index (χ1v) is 6.60. The van der Waals surface area contributed by atoms with Gasteiger partial charge in [0.1, 0.15) is 5.82 Å². The van der Waals surface area contributed by atoms with Crippen molar-refractivity contribution in [3.05, 3.63) is 69.5 Å². The van der Waals surface area contributed by atoms with Crippen LogP contribution in [0.5, 0.6) is 0 Å². The van der Waals surface area contributed by atoms with Crippen LogP contribution in [0.15, 0.2) is 36.4 Å². The van der Waals surface area contributed by atoms with Gasteiger partial charge in [-0.25, -0.2) is 4.39 Å². The molecule has 19 heavy (non-hydrogen) atoms. The second-order valence-electron chi connectivity index (χ2n) is 4.73. The Morgan fingerprint density at radius 3 is 2.37 bits per heavy atom. The predicted octanol–water partition coefficient (Wildman–Crippen LogP) is 4.40. The molecule has 0 aliphatic rings. The molecule has 2 rings (SSSR count). The second-order valence-corrected chi connectivity index (χ2v) is 5.17. The number of benzene rings is 2. The monoisotopic (exact) mass is 277 g/mol. The summed E-state index contributed by atoms with van der Waals surface area (Å²) in [6.45, 7) is 3.79. The first kappa shape index (κ1) is 14.0. The molecule has 0 fully saturated rings. The second kappa shape index (κ2) is 5.72. The third kappa shape index (κ3) is 2.96. The van der Waals surface area contributed by atoms with Gasteiger partial charge in [0.25, 0.3) is 0 Å². The summed E-state index contributed by atoms with van der Waals surface area (Å²) >= 11 is 6.06. The van der Waals surface area contributed by atoms with Crippen LogP contribution in [-0.4, -0.2) is 7.05 Å². The van der Waals surface area contributed by atoms with Crippen LogP contribution in [0.2, 0.25) is 5.02 Å². The number of nitrogens with one attached hydrogen (secondary N) is 1. The van der Waals surface area contributed by atoms with E-state index in [9.17, 15) is 4.39 Å². The average Bonchev–Trinajstić information content (AvgIpc) is 2.38.